The molecule has 3 aromatic rings. The van der Waals surface area contributed by atoms with Crippen molar-refractivity contribution in [1.82, 2.24) is 9.97 Å². The fourth-order valence-electron chi connectivity index (χ4n) is 3.98. The average Bonchev–Trinajstić information content (AvgIpc) is 3.22. The molecule has 0 saturated carbocycles. The Kier molecular flexibility index (Phi) is 6.92. The zero-order valence-corrected chi connectivity index (χ0v) is 18.5. The molecule has 1 aliphatic rings. The van der Waals surface area contributed by atoms with E-state index < -0.39 is 6.10 Å². The topological polar surface area (TPSA) is 117 Å². The standard InChI is InChI=1S/C24H23ClFN5O2/c25-24-30-22-19(14-1-4-16(26)5-2-14)7-8-20(22)23(31-24)29-10-9-18(32)13-33-21-11-17(28)6-3-15(21)12-27/h1-6,11,18-19,32H,7-10,13,28H2,(H,29,30,31). The van der Waals surface area contributed by atoms with Crippen molar-refractivity contribution in [3.8, 4) is 11.8 Å². The third-order valence-corrected chi connectivity index (χ3v) is 5.79. The van der Waals surface area contributed by atoms with Crippen LogP contribution in [0.1, 0.15) is 41.1 Å². The van der Waals surface area contributed by atoms with Crippen molar-refractivity contribution in [3.05, 3.63) is 75.9 Å². The zero-order valence-electron chi connectivity index (χ0n) is 17.8. The van der Waals surface area contributed by atoms with Crippen LogP contribution >= 0.6 is 11.6 Å². The minimum Gasteiger partial charge on any atom is -0.489 e. The van der Waals surface area contributed by atoms with Gasteiger partial charge in [0, 0.05) is 29.8 Å². The van der Waals surface area contributed by atoms with E-state index in [0.29, 0.717) is 35.8 Å². The summed E-state index contributed by atoms with van der Waals surface area (Å²) in [5, 5.41) is 22.9. The summed E-state index contributed by atoms with van der Waals surface area (Å²) in [6.45, 7) is 0.461. The normalized spacial score (nSPS) is 15.5. The molecular weight excluding hydrogens is 445 g/mol. The number of nitrogens with two attached hydrogens (primary N) is 1. The van der Waals surface area contributed by atoms with Crippen LogP contribution in [0.5, 0.6) is 5.75 Å². The summed E-state index contributed by atoms with van der Waals surface area (Å²) < 4.78 is 18.9. The Balaban J connectivity index is 1.37. The van der Waals surface area contributed by atoms with Gasteiger partial charge in [0.05, 0.1) is 17.4 Å². The Morgan fingerprint density at radius 1 is 1.27 bits per heavy atom. The van der Waals surface area contributed by atoms with Gasteiger partial charge in [-0.1, -0.05) is 12.1 Å². The lowest BCUT2D eigenvalue weighted by Gasteiger charge is -2.16. The molecule has 1 heterocycles. The molecule has 0 spiro atoms. The lowest BCUT2D eigenvalue weighted by Crippen LogP contribution is -2.22. The average molecular weight is 468 g/mol. The molecule has 0 bridgehead atoms. The number of nitrogens with zero attached hydrogens (tertiary/aromatic N) is 3. The van der Waals surface area contributed by atoms with E-state index in [0.717, 1.165) is 29.7 Å². The first kappa shape index (κ1) is 22.8. The second-order valence-corrected chi connectivity index (χ2v) is 8.23. The second kappa shape index (κ2) is 10.0. The highest BCUT2D eigenvalue weighted by atomic mass is 35.5. The molecule has 0 fully saturated rings. The monoisotopic (exact) mass is 467 g/mol. The van der Waals surface area contributed by atoms with Crippen molar-refractivity contribution in [2.24, 2.45) is 0 Å². The summed E-state index contributed by atoms with van der Waals surface area (Å²) in [6.07, 6.45) is 1.24. The number of ether oxygens (including phenoxy) is 1. The summed E-state index contributed by atoms with van der Waals surface area (Å²) in [6, 6.07) is 13.2. The van der Waals surface area contributed by atoms with Crippen molar-refractivity contribution in [2.75, 3.05) is 24.2 Å². The smallest absolute Gasteiger partial charge is 0.224 e. The highest BCUT2D eigenvalue weighted by Crippen LogP contribution is 2.40. The maximum Gasteiger partial charge on any atom is 0.224 e. The number of hydrogen-bond acceptors (Lipinski definition) is 7. The third-order valence-electron chi connectivity index (χ3n) is 5.62. The Morgan fingerprint density at radius 3 is 2.82 bits per heavy atom. The molecular formula is C24H23ClFN5O2. The van der Waals surface area contributed by atoms with Crippen LogP contribution in [0.2, 0.25) is 5.28 Å². The number of aliphatic hydroxyl groups is 1. The number of nitrogen functional groups attached to an aromatic ring is 1. The number of nitrogens with one attached hydrogen (secondary N) is 1. The number of hydrogen-bond donors (Lipinski definition) is 3. The van der Waals surface area contributed by atoms with Crippen LogP contribution in [0.3, 0.4) is 0 Å². The first-order chi connectivity index (χ1) is 15.9. The molecule has 9 heteroatoms. The molecule has 1 aliphatic carbocycles. The predicted molar refractivity (Wildman–Crippen MR) is 124 cm³/mol. The lowest BCUT2D eigenvalue weighted by atomic mass is 9.97. The summed E-state index contributed by atoms with van der Waals surface area (Å²) in [7, 11) is 0. The van der Waals surface area contributed by atoms with Crippen LogP contribution in [0.15, 0.2) is 42.5 Å². The van der Waals surface area contributed by atoms with Gasteiger partial charge in [-0.05, 0) is 60.7 Å². The largest absolute Gasteiger partial charge is 0.489 e. The van der Waals surface area contributed by atoms with Crippen LogP contribution in [0.4, 0.5) is 15.9 Å². The Bertz CT molecular complexity index is 1180. The van der Waals surface area contributed by atoms with E-state index in [1.165, 1.54) is 12.1 Å². The highest BCUT2D eigenvalue weighted by molar-refractivity contribution is 6.28. The maximum absolute atomic E-state index is 13.3. The van der Waals surface area contributed by atoms with Crippen LogP contribution in [-0.4, -0.2) is 34.3 Å². The van der Waals surface area contributed by atoms with Crippen molar-refractivity contribution in [2.45, 2.75) is 31.3 Å². The molecule has 4 rings (SSSR count). The second-order valence-electron chi connectivity index (χ2n) is 7.90. The number of anilines is 2. The van der Waals surface area contributed by atoms with Crippen molar-refractivity contribution in [1.29, 1.82) is 5.26 Å². The van der Waals surface area contributed by atoms with E-state index in [2.05, 4.69) is 15.3 Å². The van der Waals surface area contributed by atoms with Crippen molar-refractivity contribution >= 4 is 23.1 Å². The van der Waals surface area contributed by atoms with Gasteiger partial charge in [-0.2, -0.15) is 5.26 Å². The van der Waals surface area contributed by atoms with Gasteiger partial charge in [-0.25, -0.2) is 14.4 Å². The van der Waals surface area contributed by atoms with Gasteiger partial charge >= 0.3 is 0 Å². The molecule has 0 amide bonds. The summed E-state index contributed by atoms with van der Waals surface area (Å²) in [4.78, 5) is 8.77. The zero-order chi connectivity index (χ0) is 23.4. The van der Waals surface area contributed by atoms with E-state index in [-0.39, 0.29) is 23.6 Å². The SMILES string of the molecule is N#Cc1ccc(N)cc1OCC(O)CCNc1nc(Cl)nc2c1CCC2c1ccc(F)cc1. The summed E-state index contributed by atoms with van der Waals surface area (Å²) in [5.74, 6) is 0.748. The van der Waals surface area contributed by atoms with Gasteiger partial charge < -0.3 is 20.9 Å². The molecule has 1 aromatic heterocycles. The Labute approximate surface area is 196 Å². The number of aliphatic hydroxyl groups excluding tert-OH is 1. The van der Waals surface area contributed by atoms with E-state index in [4.69, 9.17) is 27.3 Å². The van der Waals surface area contributed by atoms with Gasteiger partial charge in [0.1, 0.15) is 30.1 Å². The fraction of sp³-hybridized carbons (Fsp3) is 0.292. The third kappa shape index (κ3) is 5.33. The molecule has 2 aromatic carbocycles. The Morgan fingerprint density at radius 2 is 2.06 bits per heavy atom. The minimum atomic E-state index is -0.761. The molecule has 0 saturated heterocycles. The summed E-state index contributed by atoms with van der Waals surface area (Å²) in [5.41, 5.74) is 9.40. The molecule has 2 unspecified atom stereocenters. The molecule has 33 heavy (non-hydrogen) atoms. The number of benzene rings is 2. The van der Waals surface area contributed by atoms with E-state index >= 15 is 0 Å². The molecule has 7 nitrogen and oxygen atoms in total. The number of aromatic nitrogens is 2. The van der Waals surface area contributed by atoms with Crippen molar-refractivity contribution in [3.63, 3.8) is 0 Å². The number of nitriles is 1. The minimum absolute atomic E-state index is 0.0229. The van der Waals surface area contributed by atoms with Crippen LogP contribution in [-0.2, 0) is 6.42 Å². The van der Waals surface area contributed by atoms with E-state index in [9.17, 15) is 9.50 Å². The quantitative estimate of drug-likeness (QED) is 0.338. The van der Waals surface area contributed by atoms with Crippen LogP contribution in [0.25, 0.3) is 0 Å². The van der Waals surface area contributed by atoms with Crippen molar-refractivity contribution < 1.29 is 14.2 Å². The first-order valence-corrected chi connectivity index (χ1v) is 11.0. The van der Waals surface area contributed by atoms with Crippen LogP contribution in [0, 0.1) is 17.1 Å². The maximum atomic E-state index is 13.3. The summed E-state index contributed by atoms with van der Waals surface area (Å²) >= 11 is 6.18. The lowest BCUT2D eigenvalue weighted by molar-refractivity contribution is 0.103. The molecule has 4 N–H and O–H groups in total. The molecule has 2 atom stereocenters. The molecule has 0 radical (unpaired) electrons. The molecule has 0 aliphatic heterocycles. The number of rotatable bonds is 8. The number of fused-ring (bicyclic) bond motifs is 1. The van der Waals surface area contributed by atoms with Gasteiger partial charge in [0.15, 0.2) is 0 Å². The van der Waals surface area contributed by atoms with E-state index in [1.54, 1.807) is 30.3 Å². The highest BCUT2D eigenvalue weighted by Gasteiger charge is 2.29. The Hall–Kier alpha value is -3.41. The van der Waals surface area contributed by atoms with Gasteiger partial charge in [0.2, 0.25) is 5.28 Å². The van der Waals surface area contributed by atoms with Gasteiger partial charge in [-0.15, -0.1) is 0 Å². The molecule has 170 valence electrons. The predicted octanol–water partition coefficient (Wildman–Crippen LogP) is 4.04. The van der Waals surface area contributed by atoms with E-state index in [1.807, 2.05) is 6.07 Å². The number of halogens is 2. The van der Waals surface area contributed by atoms with Crippen LogP contribution < -0.4 is 15.8 Å². The van der Waals surface area contributed by atoms with Gasteiger partial charge in [-0.3, -0.25) is 0 Å². The van der Waals surface area contributed by atoms with Gasteiger partial charge in [0.25, 0.3) is 0 Å². The fourth-order valence-corrected chi connectivity index (χ4v) is 4.15. The first-order valence-electron chi connectivity index (χ1n) is 10.6.